The number of esters is 1. The van der Waals surface area contributed by atoms with E-state index < -0.39 is 0 Å². The molecule has 0 bridgehead atoms. The third-order valence-electron chi connectivity index (χ3n) is 15.8. The third-order valence-corrected chi connectivity index (χ3v) is 15.8. The van der Waals surface area contributed by atoms with Crippen LogP contribution in [0.5, 0.6) is 0 Å². The molecule has 1 N–H and O–H groups in total. The van der Waals surface area contributed by atoms with E-state index in [1.165, 1.54) is 64.2 Å². The minimum atomic E-state index is -0.262. The fraction of sp³-hybridized carbons (Fsp3) is 0.973. The topological polar surface area (TPSA) is 49.8 Å². The lowest BCUT2D eigenvalue weighted by Crippen LogP contribution is -2.67. The van der Waals surface area contributed by atoms with Crippen LogP contribution in [0.4, 0.5) is 0 Å². The first kappa shape index (κ1) is 33.1. The van der Waals surface area contributed by atoms with Crippen molar-refractivity contribution < 1.29 is 14.6 Å². The highest BCUT2D eigenvalue weighted by Crippen LogP contribution is 2.77. The van der Waals surface area contributed by atoms with Crippen LogP contribution in [0.2, 0.25) is 0 Å². The molecule has 6 aliphatic rings. The second kappa shape index (κ2) is 11.5. The zero-order valence-corrected chi connectivity index (χ0v) is 29.0. The van der Waals surface area contributed by atoms with E-state index in [2.05, 4.69) is 53.4 Å². The van der Waals surface area contributed by atoms with Gasteiger partial charge in [0.05, 0.1) is 11.5 Å². The highest BCUT2D eigenvalue weighted by molar-refractivity contribution is 5.85. The number of aliphatic hydroxyl groups excluding tert-OH is 1. The maximum absolute atomic E-state index is 14.2. The van der Waals surface area contributed by atoms with Gasteiger partial charge in [-0.15, -0.1) is 12.4 Å². The molecule has 0 aromatic carbocycles. The summed E-state index contributed by atoms with van der Waals surface area (Å²) in [6.07, 6.45) is 15.4. The van der Waals surface area contributed by atoms with Crippen LogP contribution in [0.15, 0.2) is 0 Å². The Hall–Kier alpha value is -0.320. The largest absolute Gasteiger partial charge is 0.464 e. The van der Waals surface area contributed by atoms with Gasteiger partial charge in [0.25, 0.3) is 0 Å². The van der Waals surface area contributed by atoms with Crippen LogP contribution in [0.3, 0.4) is 0 Å². The minimum absolute atomic E-state index is 0. The zero-order chi connectivity index (χ0) is 29.4. The molecular formula is C37H64ClNO3. The lowest BCUT2D eigenvalue weighted by atomic mass is 9.32. The van der Waals surface area contributed by atoms with Crippen LogP contribution in [-0.2, 0) is 9.53 Å². The van der Waals surface area contributed by atoms with E-state index in [1.807, 2.05) is 0 Å². The van der Waals surface area contributed by atoms with Gasteiger partial charge >= 0.3 is 5.97 Å². The summed E-state index contributed by atoms with van der Waals surface area (Å²) < 4.78 is 6.28. The third kappa shape index (κ3) is 4.68. The fourth-order valence-corrected chi connectivity index (χ4v) is 13.3. The van der Waals surface area contributed by atoms with Crippen molar-refractivity contribution in [3.8, 4) is 0 Å². The Morgan fingerprint density at radius 2 is 1.55 bits per heavy atom. The van der Waals surface area contributed by atoms with Gasteiger partial charge in [0.2, 0.25) is 0 Å². The summed E-state index contributed by atoms with van der Waals surface area (Å²) >= 11 is 0. The molecule has 1 aliphatic heterocycles. The monoisotopic (exact) mass is 605 g/mol. The van der Waals surface area contributed by atoms with E-state index in [4.69, 9.17) is 4.74 Å². The number of fused-ring (bicyclic) bond motifs is 7. The molecule has 242 valence electrons. The number of ether oxygens (including phenoxy) is 1. The molecule has 5 aliphatic carbocycles. The molecule has 5 saturated carbocycles. The summed E-state index contributed by atoms with van der Waals surface area (Å²) in [7, 11) is 0. The van der Waals surface area contributed by atoms with Crippen molar-refractivity contribution in [3.63, 3.8) is 0 Å². The molecule has 6 rings (SSSR count). The summed E-state index contributed by atoms with van der Waals surface area (Å²) in [5, 5.41) is 11.0. The SMILES string of the molecule is CC(C)[C@@H]1CC[C@]2(C(=O)OCCN3CCCCC3)CC[C@]3(C)[C@H](CC[C@@H]4[C@@]5(C)CC[C@H](O)C(C)(C)[C@@H]5CC[C@]43C)[C@@H]12.Cl. The Balaban J connectivity index is 0.00000353. The molecule has 1 saturated heterocycles. The molecule has 4 nitrogen and oxygen atoms in total. The van der Waals surface area contributed by atoms with Crippen LogP contribution in [0.25, 0.3) is 0 Å². The van der Waals surface area contributed by atoms with Gasteiger partial charge in [0.15, 0.2) is 0 Å². The van der Waals surface area contributed by atoms with Gasteiger partial charge < -0.3 is 9.84 Å². The molecule has 0 radical (unpaired) electrons. The summed E-state index contributed by atoms with van der Waals surface area (Å²) in [4.78, 5) is 16.7. The number of rotatable bonds is 5. The van der Waals surface area contributed by atoms with Gasteiger partial charge in [-0.2, -0.15) is 0 Å². The lowest BCUT2D eigenvalue weighted by molar-refractivity contribution is -0.250. The van der Waals surface area contributed by atoms with Crippen LogP contribution in [-0.4, -0.2) is 48.3 Å². The maximum Gasteiger partial charge on any atom is 0.312 e. The van der Waals surface area contributed by atoms with Crippen molar-refractivity contribution in [1.82, 2.24) is 4.90 Å². The van der Waals surface area contributed by atoms with Gasteiger partial charge in [-0.25, -0.2) is 0 Å². The van der Waals surface area contributed by atoms with Gasteiger partial charge in [-0.1, -0.05) is 54.9 Å². The summed E-state index contributed by atoms with van der Waals surface area (Å²) in [6, 6.07) is 0. The number of hydrogen-bond donors (Lipinski definition) is 1. The molecule has 6 fully saturated rings. The highest BCUT2D eigenvalue weighted by Gasteiger charge is 2.72. The molecular weight excluding hydrogens is 542 g/mol. The number of halogens is 1. The fourth-order valence-electron chi connectivity index (χ4n) is 13.3. The van der Waals surface area contributed by atoms with Crippen LogP contribution < -0.4 is 0 Å². The Kier molecular flexibility index (Phi) is 9.04. The zero-order valence-electron chi connectivity index (χ0n) is 28.2. The molecule has 0 amide bonds. The predicted octanol–water partition coefficient (Wildman–Crippen LogP) is 8.54. The Labute approximate surface area is 264 Å². The van der Waals surface area contributed by atoms with Crippen molar-refractivity contribution in [2.24, 2.45) is 62.6 Å². The second-order valence-corrected chi connectivity index (χ2v) is 17.7. The van der Waals surface area contributed by atoms with E-state index >= 15 is 0 Å². The molecule has 10 atom stereocenters. The normalized spacial score (nSPS) is 48.3. The van der Waals surface area contributed by atoms with Crippen LogP contribution >= 0.6 is 12.4 Å². The molecule has 0 spiro atoms. The number of piperidine rings is 1. The van der Waals surface area contributed by atoms with Crippen molar-refractivity contribution in [1.29, 1.82) is 0 Å². The summed E-state index contributed by atoms with van der Waals surface area (Å²) in [5.41, 5.74) is 0.610. The number of likely N-dealkylation sites (tertiary alicyclic amines) is 1. The number of aliphatic hydroxyl groups is 1. The standard InChI is InChI=1S/C37H63NO3.ClH/c1-25(2)26-13-18-37(32(40)41-24-23-38-21-9-8-10-22-38)20-19-35(6)27(31(26)37)11-12-29-34(5)16-15-30(39)33(3,4)28(34)14-17-36(29,35)7;/h25-31,39H,8-24H2,1-7H3;1H/t26-,27+,28-,29+,30-,31+,34-,35+,36+,37-;/m0./s1. The number of carbonyl (C=O) groups excluding carboxylic acids is 1. The van der Waals surface area contributed by atoms with E-state index in [9.17, 15) is 9.90 Å². The average molecular weight is 606 g/mol. The van der Waals surface area contributed by atoms with Gasteiger partial charge in [0.1, 0.15) is 6.61 Å². The molecule has 0 aromatic rings. The summed E-state index contributed by atoms with van der Waals surface area (Å²) in [5.74, 6) is 3.81. The second-order valence-electron chi connectivity index (χ2n) is 17.7. The van der Waals surface area contributed by atoms with Crippen molar-refractivity contribution in [2.75, 3.05) is 26.2 Å². The quantitative estimate of drug-likeness (QED) is 0.319. The van der Waals surface area contributed by atoms with E-state index in [0.717, 1.165) is 38.9 Å². The Morgan fingerprint density at radius 3 is 2.24 bits per heavy atom. The Morgan fingerprint density at radius 1 is 0.833 bits per heavy atom. The van der Waals surface area contributed by atoms with Gasteiger partial charge in [-0.3, -0.25) is 9.69 Å². The van der Waals surface area contributed by atoms with Crippen molar-refractivity contribution >= 4 is 18.4 Å². The summed E-state index contributed by atoms with van der Waals surface area (Å²) in [6.45, 7) is 21.3. The Bertz CT molecular complexity index is 993. The predicted molar refractivity (Wildman–Crippen MR) is 173 cm³/mol. The van der Waals surface area contributed by atoms with Crippen LogP contribution in [0, 0.1) is 62.6 Å². The maximum atomic E-state index is 14.2. The minimum Gasteiger partial charge on any atom is -0.464 e. The first-order valence-electron chi connectivity index (χ1n) is 17.9. The van der Waals surface area contributed by atoms with Crippen molar-refractivity contribution in [3.05, 3.63) is 0 Å². The lowest BCUT2D eigenvalue weighted by Gasteiger charge is -2.72. The molecule has 0 unspecified atom stereocenters. The molecule has 5 heteroatoms. The highest BCUT2D eigenvalue weighted by atomic mass is 35.5. The number of carbonyl (C=O) groups is 1. The molecule has 1 heterocycles. The van der Waals surface area contributed by atoms with Crippen molar-refractivity contribution in [2.45, 2.75) is 138 Å². The smallest absolute Gasteiger partial charge is 0.312 e. The molecule has 42 heavy (non-hydrogen) atoms. The number of nitrogens with zero attached hydrogens (tertiary/aromatic N) is 1. The van der Waals surface area contributed by atoms with Crippen LogP contribution in [0.1, 0.15) is 132 Å². The molecule has 0 aromatic heterocycles. The van der Waals surface area contributed by atoms with E-state index in [0.29, 0.717) is 52.9 Å². The van der Waals surface area contributed by atoms with Gasteiger partial charge in [-0.05, 0) is 147 Å². The van der Waals surface area contributed by atoms with E-state index in [1.54, 1.807) is 0 Å². The average Bonchev–Trinajstić information content (AvgIpc) is 3.33. The number of hydrogen-bond acceptors (Lipinski definition) is 4. The first-order chi connectivity index (χ1) is 19.3. The van der Waals surface area contributed by atoms with Gasteiger partial charge in [0, 0.05) is 6.54 Å². The van der Waals surface area contributed by atoms with E-state index in [-0.39, 0.29) is 40.7 Å². The first-order valence-corrected chi connectivity index (χ1v) is 17.9.